The number of thiophene rings is 1. The van der Waals surface area contributed by atoms with Crippen LogP contribution < -0.4 is 22.1 Å². The molecule has 0 saturated carbocycles. The van der Waals surface area contributed by atoms with Crippen LogP contribution in [0.4, 0.5) is 22.3 Å². The molecule has 13 heteroatoms. The summed E-state index contributed by atoms with van der Waals surface area (Å²) in [5.41, 5.74) is 14.7. The van der Waals surface area contributed by atoms with E-state index in [1.165, 1.54) is 0 Å². The average molecular weight is 579 g/mol. The predicted molar refractivity (Wildman–Crippen MR) is 159 cm³/mol. The van der Waals surface area contributed by atoms with E-state index in [1.807, 2.05) is 12.1 Å². The molecule has 0 bridgehead atoms. The van der Waals surface area contributed by atoms with Gasteiger partial charge in [-0.15, -0.1) is 11.3 Å². The first-order valence-electron chi connectivity index (χ1n) is 12.4. The number of aromatic nitrogens is 1. The molecule has 6 N–H and O–H groups in total. The van der Waals surface area contributed by atoms with Crippen molar-refractivity contribution in [1.29, 1.82) is 15.8 Å². The van der Waals surface area contributed by atoms with Crippen LogP contribution in [-0.2, 0) is 19.1 Å². The second kappa shape index (κ2) is 16.8. The number of nitrogens with one attached hydrogen (secondary N) is 2. The summed E-state index contributed by atoms with van der Waals surface area (Å²) in [5, 5.41) is 33.2. The van der Waals surface area contributed by atoms with E-state index in [9.17, 15) is 14.9 Å². The van der Waals surface area contributed by atoms with Crippen LogP contribution >= 0.6 is 11.3 Å². The molecule has 0 aromatic carbocycles. The van der Waals surface area contributed by atoms with Gasteiger partial charge in [-0.3, -0.25) is 0 Å². The van der Waals surface area contributed by atoms with Gasteiger partial charge in [0.1, 0.15) is 33.9 Å². The van der Waals surface area contributed by atoms with Gasteiger partial charge in [-0.2, -0.15) is 15.8 Å². The number of carbonyl (C=O) groups excluding carboxylic acids is 2. The van der Waals surface area contributed by atoms with Crippen molar-refractivity contribution < 1.29 is 19.1 Å². The quantitative estimate of drug-likeness (QED) is 0.159. The van der Waals surface area contributed by atoms with Gasteiger partial charge in [-0.1, -0.05) is 13.2 Å². The lowest BCUT2D eigenvalue weighted by atomic mass is 10.1. The normalized spacial score (nSPS) is 9.59. The van der Waals surface area contributed by atoms with Crippen LogP contribution in [0.3, 0.4) is 0 Å². The summed E-state index contributed by atoms with van der Waals surface area (Å²) in [6.45, 7) is 15.1. The Morgan fingerprint density at radius 1 is 0.854 bits per heavy atom. The number of hydrogen-bond acceptors (Lipinski definition) is 13. The van der Waals surface area contributed by atoms with E-state index in [4.69, 9.17) is 31.5 Å². The van der Waals surface area contributed by atoms with Crippen molar-refractivity contribution in [2.45, 2.75) is 40.5 Å². The van der Waals surface area contributed by atoms with Crippen LogP contribution in [0, 0.1) is 47.8 Å². The zero-order valence-corrected chi connectivity index (χ0v) is 24.5. The van der Waals surface area contributed by atoms with Crippen LogP contribution in [0.2, 0.25) is 0 Å². The van der Waals surface area contributed by atoms with Crippen LogP contribution in [0.5, 0.6) is 0 Å². The molecule has 2 heterocycles. The molecule has 0 amide bonds. The SMILES string of the molecule is C=C(C)C(=O)OCCCNc1nc(NCCCOC(=O)C(=C)C)c(C#N)c(C)c1N.Cc1c(C#N)sc(N)c1C#N. The Balaban J connectivity index is 0.000000634. The minimum Gasteiger partial charge on any atom is -0.462 e. The maximum absolute atomic E-state index is 11.4. The fraction of sp³-hybridized carbons (Fsp3) is 0.357. The third-order valence-corrected chi connectivity index (χ3v) is 6.41. The molecular formula is C28H34N8O4S. The van der Waals surface area contributed by atoms with Gasteiger partial charge in [0.2, 0.25) is 0 Å². The molecule has 0 aliphatic rings. The Kier molecular flexibility index (Phi) is 13.9. The zero-order valence-electron chi connectivity index (χ0n) is 23.6. The van der Waals surface area contributed by atoms with Gasteiger partial charge < -0.3 is 31.6 Å². The Hall–Kier alpha value is -5.06. The highest BCUT2D eigenvalue weighted by atomic mass is 32.1. The Morgan fingerprint density at radius 2 is 1.34 bits per heavy atom. The number of anilines is 4. The number of ether oxygens (including phenoxy) is 2. The first-order chi connectivity index (χ1) is 19.4. The van der Waals surface area contributed by atoms with Gasteiger partial charge in [0, 0.05) is 24.2 Å². The summed E-state index contributed by atoms with van der Waals surface area (Å²) < 4.78 is 10.1. The monoisotopic (exact) mass is 578 g/mol. The van der Waals surface area contributed by atoms with E-state index in [1.54, 1.807) is 27.7 Å². The molecule has 2 aromatic heterocycles. The summed E-state index contributed by atoms with van der Waals surface area (Å²) in [7, 11) is 0. The maximum Gasteiger partial charge on any atom is 0.333 e. The third kappa shape index (κ3) is 10.2. The summed E-state index contributed by atoms with van der Waals surface area (Å²) in [5.74, 6) is -0.0302. The molecular weight excluding hydrogens is 544 g/mol. The number of carbonyl (C=O) groups is 2. The predicted octanol–water partition coefficient (Wildman–Crippen LogP) is 4.07. The molecule has 0 fully saturated rings. The van der Waals surface area contributed by atoms with E-state index in [2.05, 4.69) is 34.8 Å². The number of nitrogen functional groups attached to an aromatic ring is 2. The van der Waals surface area contributed by atoms with Crippen molar-refractivity contribution >= 4 is 45.6 Å². The van der Waals surface area contributed by atoms with E-state index < -0.39 is 11.9 Å². The van der Waals surface area contributed by atoms with Crippen LogP contribution in [-0.4, -0.2) is 43.2 Å². The average Bonchev–Trinajstić information content (AvgIpc) is 3.22. The highest BCUT2D eigenvalue weighted by Gasteiger charge is 2.15. The summed E-state index contributed by atoms with van der Waals surface area (Å²) in [6.07, 6.45) is 1.09. The lowest BCUT2D eigenvalue weighted by Gasteiger charge is -2.16. The van der Waals surface area contributed by atoms with Gasteiger partial charge in [0.25, 0.3) is 0 Å². The van der Waals surface area contributed by atoms with Crippen molar-refractivity contribution in [2.75, 3.05) is 48.4 Å². The first kappa shape index (κ1) is 34.0. The summed E-state index contributed by atoms with van der Waals surface area (Å²) in [4.78, 5) is 27.7. The second-order valence-electron chi connectivity index (χ2n) is 8.75. The molecule has 0 unspecified atom stereocenters. The molecule has 0 saturated heterocycles. The number of nitrogens with zero attached hydrogens (tertiary/aromatic N) is 4. The molecule has 216 valence electrons. The standard InChI is InChI=1S/C21H29N5O4.C7H5N3S/c1-13(2)20(27)29-10-6-8-24-18-16(12-22)15(5)17(23)19(26-18)25-9-7-11-30-21(28)14(3)4;1-4-5(2-8)7(10)11-6(4)3-9/h1,3,6-11,23H2,2,4-5H3,(H2,24,25,26);10H2,1H3. The first-order valence-corrected chi connectivity index (χ1v) is 13.2. The van der Waals surface area contributed by atoms with Crippen LogP contribution in [0.25, 0.3) is 0 Å². The van der Waals surface area contributed by atoms with Gasteiger partial charge >= 0.3 is 11.9 Å². The molecule has 0 aliphatic heterocycles. The molecule has 0 spiro atoms. The molecule has 2 rings (SSSR count). The van der Waals surface area contributed by atoms with E-state index >= 15 is 0 Å². The van der Waals surface area contributed by atoms with Crippen molar-refractivity contribution in [3.05, 3.63) is 51.4 Å². The third-order valence-electron chi connectivity index (χ3n) is 5.38. The number of pyridine rings is 1. The largest absolute Gasteiger partial charge is 0.462 e. The van der Waals surface area contributed by atoms with Crippen molar-refractivity contribution in [3.8, 4) is 18.2 Å². The number of esters is 2. The van der Waals surface area contributed by atoms with Gasteiger partial charge in [0.15, 0.2) is 5.82 Å². The molecule has 2 aromatic rings. The van der Waals surface area contributed by atoms with E-state index in [0.29, 0.717) is 86.5 Å². The van der Waals surface area contributed by atoms with Crippen molar-refractivity contribution in [2.24, 2.45) is 0 Å². The van der Waals surface area contributed by atoms with Gasteiger partial charge in [0.05, 0.1) is 30.0 Å². The van der Waals surface area contributed by atoms with E-state index in [-0.39, 0.29) is 13.2 Å². The minimum atomic E-state index is -0.436. The molecule has 0 radical (unpaired) electrons. The van der Waals surface area contributed by atoms with E-state index in [0.717, 1.165) is 11.3 Å². The lowest BCUT2D eigenvalue weighted by molar-refractivity contribution is -0.139. The van der Waals surface area contributed by atoms with Gasteiger partial charge in [-0.05, 0) is 51.7 Å². The van der Waals surface area contributed by atoms with Crippen LogP contribution in [0.1, 0.15) is 53.8 Å². The summed E-state index contributed by atoms with van der Waals surface area (Å²) in [6, 6.07) is 6.04. The fourth-order valence-electron chi connectivity index (χ4n) is 3.03. The second-order valence-corrected chi connectivity index (χ2v) is 9.80. The highest BCUT2D eigenvalue weighted by molar-refractivity contribution is 7.16. The Bertz CT molecular complexity index is 1430. The smallest absolute Gasteiger partial charge is 0.333 e. The van der Waals surface area contributed by atoms with Crippen LogP contribution in [0.15, 0.2) is 24.3 Å². The number of nitrogens with two attached hydrogens (primary N) is 2. The van der Waals surface area contributed by atoms with Crippen molar-refractivity contribution in [3.63, 3.8) is 0 Å². The maximum atomic E-state index is 11.4. The Labute approximate surface area is 243 Å². The molecule has 41 heavy (non-hydrogen) atoms. The lowest BCUT2D eigenvalue weighted by Crippen LogP contribution is -2.15. The summed E-state index contributed by atoms with van der Waals surface area (Å²) >= 11 is 1.16. The minimum absolute atomic E-state index is 0.225. The topological polar surface area (TPSA) is 213 Å². The Morgan fingerprint density at radius 3 is 1.73 bits per heavy atom. The highest BCUT2D eigenvalue weighted by Crippen LogP contribution is 2.29. The number of rotatable bonds is 12. The zero-order chi connectivity index (χ0) is 31.1. The molecule has 0 atom stereocenters. The fourth-order valence-corrected chi connectivity index (χ4v) is 3.85. The molecule has 12 nitrogen and oxygen atoms in total. The van der Waals surface area contributed by atoms with Gasteiger partial charge in [-0.25, -0.2) is 14.6 Å². The number of nitriles is 3. The molecule has 0 aliphatic carbocycles. The van der Waals surface area contributed by atoms with Crippen molar-refractivity contribution in [1.82, 2.24) is 4.98 Å². The number of hydrogen-bond donors (Lipinski definition) is 4.